The molecule has 106 valence electrons. The Morgan fingerprint density at radius 2 is 2.25 bits per heavy atom. The van der Waals surface area contributed by atoms with Crippen molar-refractivity contribution >= 4 is 17.8 Å². The minimum absolute atomic E-state index is 0.0525. The maximum Gasteiger partial charge on any atom is 0.354 e. The maximum atomic E-state index is 11.7. The summed E-state index contributed by atoms with van der Waals surface area (Å²) in [5.41, 5.74) is 0.467. The van der Waals surface area contributed by atoms with Crippen LogP contribution < -0.4 is 5.32 Å². The Labute approximate surface area is 115 Å². The minimum atomic E-state index is -1.11. The molecule has 1 aromatic heterocycles. The Hall–Kier alpha value is -2.28. The van der Waals surface area contributed by atoms with Gasteiger partial charge in [-0.25, -0.2) is 9.78 Å². The number of hydrogen-bond acceptors (Lipinski definition) is 5. The number of aromatic carboxylic acids is 1. The first kappa shape index (κ1) is 14.1. The summed E-state index contributed by atoms with van der Waals surface area (Å²) in [5.74, 6) is -1.78. The molecule has 1 saturated heterocycles. The van der Waals surface area contributed by atoms with Gasteiger partial charge < -0.3 is 5.11 Å². The number of carbonyl (C=O) groups is 3. The largest absolute Gasteiger partial charge is 0.477 e. The number of aromatic nitrogens is 1. The Kier molecular flexibility index (Phi) is 4.09. The Balaban J connectivity index is 2.18. The number of carboxylic acid groups (broad SMARTS) is 1. The highest BCUT2D eigenvalue weighted by molar-refractivity contribution is 6.01. The molecule has 1 unspecified atom stereocenters. The highest BCUT2D eigenvalue weighted by Crippen LogP contribution is 2.13. The van der Waals surface area contributed by atoms with Gasteiger partial charge in [0.1, 0.15) is 5.69 Å². The fraction of sp³-hybridized carbons (Fsp3) is 0.385. The number of piperazine rings is 1. The Morgan fingerprint density at radius 3 is 2.90 bits per heavy atom. The fourth-order valence-corrected chi connectivity index (χ4v) is 2.23. The normalized spacial score (nSPS) is 19.8. The number of nitrogens with zero attached hydrogens (tertiary/aromatic N) is 2. The number of nitrogens with one attached hydrogen (secondary N) is 1. The third-order valence-electron chi connectivity index (χ3n) is 3.13. The van der Waals surface area contributed by atoms with Crippen LogP contribution in [0.15, 0.2) is 18.2 Å². The van der Waals surface area contributed by atoms with Gasteiger partial charge in [-0.3, -0.25) is 19.8 Å². The second-order valence-corrected chi connectivity index (χ2v) is 4.56. The van der Waals surface area contributed by atoms with Crippen LogP contribution in [-0.4, -0.2) is 45.4 Å². The molecule has 2 N–H and O–H groups in total. The molecule has 20 heavy (non-hydrogen) atoms. The van der Waals surface area contributed by atoms with Gasteiger partial charge in [0.25, 0.3) is 0 Å². The maximum absolute atomic E-state index is 11.7. The van der Waals surface area contributed by atoms with E-state index in [0.717, 1.165) is 0 Å². The molecule has 7 nitrogen and oxygen atoms in total. The molecular formula is C13H15N3O4. The van der Waals surface area contributed by atoms with Crippen molar-refractivity contribution in [2.75, 3.05) is 6.54 Å². The van der Waals surface area contributed by atoms with Crippen molar-refractivity contribution in [2.45, 2.75) is 25.9 Å². The van der Waals surface area contributed by atoms with Crippen LogP contribution in [0.3, 0.4) is 0 Å². The molecule has 0 saturated carbocycles. The summed E-state index contributed by atoms with van der Waals surface area (Å²) in [4.78, 5) is 39.7. The number of pyridine rings is 1. The fourth-order valence-electron chi connectivity index (χ4n) is 2.23. The average Bonchev–Trinajstić information content (AvgIpc) is 2.38. The molecule has 1 aliphatic heterocycles. The zero-order chi connectivity index (χ0) is 14.7. The van der Waals surface area contributed by atoms with Crippen LogP contribution in [-0.2, 0) is 16.1 Å². The van der Waals surface area contributed by atoms with Crippen LogP contribution >= 0.6 is 0 Å². The van der Waals surface area contributed by atoms with Crippen molar-refractivity contribution in [3.63, 3.8) is 0 Å². The first-order chi connectivity index (χ1) is 9.51. The lowest BCUT2D eigenvalue weighted by molar-refractivity contribution is -0.140. The van der Waals surface area contributed by atoms with Gasteiger partial charge in [-0.15, -0.1) is 0 Å². The summed E-state index contributed by atoms with van der Waals surface area (Å²) in [5, 5.41) is 11.2. The number of hydrogen-bond donors (Lipinski definition) is 2. The molecule has 2 rings (SSSR count). The van der Waals surface area contributed by atoms with Gasteiger partial charge in [0, 0.05) is 6.54 Å². The third kappa shape index (κ3) is 3.00. The number of imide groups is 1. The van der Waals surface area contributed by atoms with Crippen molar-refractivity contribution in [2.24, 2.45) is 0 Å². The summed E-state index contributed by atoms with van der Waals surface area (Å²) in [6, 6.07) is 4.27. The topological polar surface area (TPSA) is 99.6 Å². The predicted molar refractivity (Wildman–Crippen MR) is 68.8 cm³/mol. The van der Waals surface area contributed by atoms with Gasteiger partial charge in [-0.05, 0) is 18.6 Å². The van der Waals surface area contributed by atoms with Crippen LogP contribution in [0, 0.1) is 0 Å². The van der Waals surface area contributed by atoms with E-state index in [9.17, 15) is 14.4 Å². The molecule has 1 fully saturated rings. The molecule has 0 spiro atoms. The predicted octanol–water partition coefficient (Wildman–Crippen LogP) is 0.0168. The van der Waals surface area contributed by atoms with Gasteiger partial charge in [0.05, 0.1) is 18.3 Å². The molecular weight excluding hydrogens is 262 g/mol. The van der Waals surface area contributed by atoms with Crippen LogP contribution in [0.2, 0.25) is 0 Å². The molecule has 2 amide bonds. The molecule has 1 atom stereocenters. The highest BCUT2D eigenvalue weighted by Gasteiger charge is 2.32. The van der Waals surface area contributed by atoms with E-state index in [1.165, 1.54) is 6.07 Å². The molecule has 2 heterocycles. The summed E-state index contributed by atoms with van der Waals surface area (Å²) in [6.45, 7) is 2.22. The summed E-state index contributed by atoms with van der Waals surface area (Å²) >= 11 is 0. The highest BCUT2D eigenvalue weighted by atomic mass is 16.4. The first-order valence-electron chi connectivity index (χ1n) is 6.28. The first-order valence-corrected chi connectivity index (χ1v) is 6.28. The van der Waals surface area contributed by atoms with Crippen molar-refractivity contribution in [3.05, 3.63) is 29.6 Å². The molecule has 1 aliphatic rings. The van der Waals surface area contributed by atoms with Crippen molar-refractivity contribution in [1.29, 1.82) is 0 Å². The Bertz CT molecular complexity index is 558. The van der Waals surface area contributed by atoms with E-state index >= 15 is 0 Å². The summed E-state index contributed by atoms with van der Waals surface area (Å²) in [6.07, 6.45) is 0.567. The van der Waals surface area contributed by atoms with Gasteiger partial charge in [-0.1, -0.05) is 13.0 Å². The lowest BCUT2D eigenvalue weighted by Gasteiger charge is -2.32. The van der Waals surface area contributed by atoms with E-state index in [-0.39, 0.29) is 30.6 Å². The van der Waals surface area contributed by atoms with E-state index in [2.05, 4.69) is 10.3 Å². The van der Waals surface area contributed by atoms with Gasteiger partial charge in [-0.2, -0.15) is 0 Å². The second-order valence-electron chi connectivity index (χ2n) is 4.56. The second kappa shape index (κ2) is 5.79. The molecule has 0 radical (unpaired) electrons. The van der Waals surface area contributed by atoms with E-state index in [1.54, 1.807) is 17.0 Å². The van der Waals surface area contributed by atoms with Crippen LogP contribution in [0.5, 0.6) is 0 Å². The SMILES string of the molecule is CCC1C(=O)NC(=O)CN1Cc1cccc(C(=O)O)n1. The number of rotatable bonds is 4. The zero-order valence-electron chi connectivity index (χ0n) is 11.0. The van der Waals surface area contributed by atoms with Crippen LogP contribution in [0.4, 0.5) is 0 Å². The average molecular weight is 277 g/mol. The molecule has 0 bridgehead atoms. The molecule has 1 aromatic rings. The molecule has 0 aromatic carbocycles. The lowest BCUT2D eigenvalue weighted by Crippen LogP contribution is -2.57. The zero-order valence-corrected chi connectivity index (χ0v) is 11.0. The monoisotopic (exact) mass is 277 g/mol. The summed E-state index contributed by atoms with van der Waals surface area (Å²) < 4.78 is 0. The van der Waals surface area contributed by atoms with Crippen LogP contribution in [0.1, 0.15) is 29.5 Å². The quantitative estimate of drug-likeness (QED) is 0.752. The number of carbonyl (C=O) groups excluding carboxylic acids is 2. The van der Waals surface area contributed by atoms with Gasteiger partial charge >= 0.3 is 5.97 Å². The van der Waals surface area contributed by atoms with E-state index in [1.807, 2.05) is 6.92 Å². The minimum Gasteiger partial charge on any atom is -0.477 e. The third-order valence-corrected chi connectivity index (χ3v) is 3.13. The Morgan fingerprint density at radius 1 is 1.50 bits per heavy atom. The standard InChI is InChI=1S/C13H15N3O4/c1-2-10-12(18)15-11(17)7-16(10)6-8-4-3-5-9(14-8)13(19)20/h3-5,10H,2,6-7H2,1H3,(H,19,20)(H,15,17,18). The van der Waals surface area contributed by atoms with E-state index in [4.69, 9.17) is 5.11 Å². The number of carboxylic acids is 1. The van der Waals surface area contributed by atoms with Gasteiger partial charge in [0.15, 0.2) is 0 Å². The number of amides is 2. The van der Waals surface area contributed by atoms with Crippen molar-refractivity contribution < 1.29 is 19.5 Å². The van der Waals surface area contributed by atoms with Crippen molar-refractivity contribution in [1.82, 2.24) is 15.2 Å². The van der Waals surface area contributed by atoms with E-state index in [0.29, 0.717) is 12.1 Å². The summed E-state index contributed by atoms with van der Waals surface area (Å²) in [7, 11) is 0. The van der Waals surface area contributed by atoms with Gasteiger partial charge in [0.2, 0.25) is 11.8 Å². The van der Waals surface area contributed by atoms with Crippen LogP contribution in [0.25, 0.3) is 0 Å². The molecule has 0 aliphatic carbocycles. The van der Waals surface area contributed by atoms with E-state index < -0.39 is 12.0 Å². The van der Waals surface area contributed by atoms with Crippen molar-refractivity contribution in [3.8, 4) is 0 Å². The lowest BCUT2D eigenvalue weighted by atomic mass is 10.1. The molecule has 7 heteroatoms. The smallest absolute Gasteiger partial charge is 0.354 e.